The highest BCUT2D eigenvalue weighted by Gasteiger charge is 2.24. The van der Waals surface area contributed by atoms with Crippen LogP contribution in [0.5, 0.6) is 5.75 Å². The van der Waals surface area contributed by atoms with Gasteiger partial charge < -0.3 is 9.64 Å². The molecule has 0 saturated carbocycles. The van der Waals surface area contributed by atoms with Crippen LogP contribution in [0.4, 0.5) is 0 Å². The molecular weight excluding hydrogens is 252 g/mol. The molecule has 4 nitrogen and oxygen atoms in total. The molecule has 1 atom stereocenters. The van der Waals surface area contributed by atoms with E-state index in [0.29, 0.717) is 12.5 Å². The van der Waals surface area contributed by atoms with E-state index in [2.05, 4.69) is 17.0 Å². The number of methoxy groups -OCH3 is 1. The van der Waals surface area contributed by atoms with Crippen LogP contribution >= 0.6 is 0 Å². The van der Waals surface area contributed by atoms with E-state index in [1.165, 1.54) is 12.0 Å². The molecule has 0 aromatic heterocycles. The molecule has 1 aliphatic heterocycles. The molecule has 0 N–H and O–H groups in total. The number of likely N-dealkylation sites (N-methyl/N-ethyl adjacent to an activating group) is 1. The van der Waals surface area contributed by atoms with E-state index in [9.17, 15) is 4.79 Å². The number of hydrogen-bond donors (Lipinski definition) is 0. The van der Waals surface area contributed by atoms with Crippen molar-refractivity contribution >= 4 is 5.91 Å². The lowest BCUT2D eigenvalue weighted by Crippen LogP contribution is -2.35. The van der Waals surface area contributed by atoms with Crippen LogP contribution in [0.2, 0.25) is 0 Å². The van der Waals surface area contributed by atoms with Gasteiger partial charge in [-0.2, -0.15) is 0 Å². The van der Waals surface area contributed by atoms with Gasteiger partial charge in [0, 0.05) is 20.6 Å². The molecule has 1 amide bonds. The standard InChI is InChI=1S/C16H24N2O2/c1-17(2)16(19)12-18-9-8-14(11-18)10-13-4-6-15(20-3)7-5-13/h4-7,14H,8-12H2,1-3H3. The Hall–Kier alpha value is -1.55. The van der Waals surface area contributed by atoms with E-state index >= 15 is 0 Å². The van der Waals surface area contributed by atoms with Crippen molar-refractivity contribution < 1.29 is 9.53 Å². The zero-order valence-electron chi connectivity index (χ0n) is 12.6. The van der Waals surface area contributed by atoms with E-state index in [4.69, 9.17) is 4.74 Å². The zero-order chi connectivity index (χ0) is 14.5. The molecule has 20 heavy (non-hydrogen) atoms. The van der Waals surface area contributed by atoms with Gasteiger partial charge in [0.2, 0.25) is 5.91 Å². The molecule has 0 bridgehead atoms. The number of carbonyl (C=O) groups excluding carboxylic acids is 1. The van der Waals surface area contributed by atoms with Crippen LogP contribution in [0.1, 0.15) is 12.0 Å². The molecule has 0 spiro atoms. The lowest BCUT2D eigenvalue weighted by atomic mass is 9.99. The maximum Gasteiger partial charge on any atom is 0.236 e. The number of hydrogen-bond acceptors (Lipinski definition) is 3. The fourth-order valence-electron chi connectivity index (χ4n) is 2.65. The average molecular weight is 276 g/mol. The van der Waals surface area contributed by atoms with Gasteiger partial charge >= 0.3 is 0 Å². The minimum Gasteiger partial charge on any atom is -0.497 e. The second kappa shape index (κ2) is 6.75. The maximum atomic E-state index is 11.7. The zero-order valence-corrected chi connectivity index (χ0v) is 12.6. The predicted molar refractivity (Wildman–Crippen MR) is 79.9 cm³/mol. The summed E-state index contributed by atoms with van der Waals surface area (Å²) in [5.41, 5.74) is 1.34. The minimum absolute atomic E-state index is 0.190. The Morgan fingerprint density at radius 1 is 1.35 bits per heavy atom. The van der Waals surface area contributed by atoms with E-state index < -0.39 is 0 Å². The Morgan fingerprint density at radius 3 is 2.65 bits per heavy atom. The minimum atomic E-state index is 0.190. The molecule has 2 rings (SSSR count). The summed E-state index contributed by atoms with van der Waals surface area (Å²) in [6.45, 7) is 2.60. The number of carbonyl (C=O) groups is 1. The maximum absolute atomic E-state index is 11.7. The number of nitrogens with zero attached hydrogens (tertiary/aromatic N) is 2. The highest BCUT2D eigenvalue weighted by Crippen LogP contribution is 2.22. The summed E-state index contributed by atoms with van der Waals surface area (Å²) >= 11 is 0. The molecule has 0 radical (unpaired) electrons. The highest BCUT2D eigenvalue weighted by atomic mass is 16.5. The summed E-state index contributed by atoms with van der Waals surface area (Å²) in [5.74, 6) is 1.74. The van der Waals surface area contributed by atoms with Crippen molar-refractivity contribution in [3.05, 3.63) is 29.8 Å². The topological polar surface area (TPSA) is 32.8 Å². The SMILES string of the molecule is COc1ccc(CC2CCN(CC(=O)N(C)C)C2)cc1. The Morgan fingerprint density at radius 2 is 2.05 bits per heavy atom. The molecule has 0 aliphatic carbocycles. The third-order valence-electron chi connectivity index (χ3n) is 3.91. The van der Waals surface area contributed by atoms with E-state index in [0.717, 1.165) is 25.3 Å². The van der Waals surface area contributed by atoms with Crippen molar-refractivity contribution in [3.8, 4) is 5.75 Å². The third-order valence-corrected chi connectivity index (χ3v) is 3.91. The van der Waals surface area contributed by atoms with Gasteiger partial charge in [-0.3, -0.25) is 9.69 Å². The van der Waals surface area contributed by atoms with Crippen molar-refractivity contribution in [2.75, 3.05) is 40.8 Å². The van der Waals surface area contributed by atoms with Gasteiger partial charge in [0.25, 0.3) is 0 Å². The van der Waals surface area contributed by atoms with Crippen LogP contribution in [0.25, 0.3) is 0 Å². The Labute approximate surface area is 121 Å². The Balaban J connectivity index is 1.82. The van der Waals surface area contributed by atoms with Crippen molar-refractivity contribution in [2.24, 2.45) is 5.92 Å². The van der Waals surface area contributed by atoms with Crippen LogP contribution < -0.4 is 4.74 Å². The molecule has 1 aromatic rings. The van der Waals surface area contributed by atoms with E-state index in [1.54, 1.807) is 12.0 Å². The normalized spacial score (nSPS) is 19.1. The monoisotopic (exact) mass is 276 g/mol. The summed E-state index contributed by atoms with van der Waals surface area (Å²) in [7, 11) is 5.31. The van der Waals surface area contributed by atoms with Gasteiger partial charge in [0.15, 0.2) is 0 Å². The van der Waals surface area contributed by atoms with Crippen molar-refractivity contribution in [1.82, 2.24) is 9.80 Å². The second-order valence-corrected chi connectivity index (χ2v) is 5.73. The van der Waals surface area contributed by atoms with Crippen LogP contribution in [-0.4, -0.2) is 56.5 Å². The molecular formula is C16H24N2O2. The Bertz CT molecular complexity index is 442. The highest BCUT2D eigenvalue weighted by molar-refractivity contribution is 5.77. The first-order valence-electron chi connectivity index (χ1n) is 7.14. The van der Waals surface area contributed by atoms with Gasteiger partial charge in [-0.05, 0) is 43.0 Å². The van der Waals surface area contributed by atoms with Crippen LogP contribution in [0.15, 0.2) is 24.3 Å². The largest absolute Gasteiger partial charge is 0.497 e. The molecule has 1 aliphatic rings. The van der Waals surface area contributed by atoms with Crippen LogP contribution in [0.3, 0.4) is 0 Å². The molecule has 1 heterocycles. The van der Waals surface area contributed by atoms with Gasteiger partial charge in [0.05, 0.1) is 13.7 Å². The smallest absolute Gasteiger partial charge is 0.236 e. The fraction of sp³-hybridized carbons (Fsp3) is 0.562. The Kier molecular flexibility index (Phi) is 5.01. The molecule has 1 aromatic carbocycles. The number of amides is 1. The van der Waals surface area contributed by atoms with Gasteiger partial charge in [-0.15, -0.1) is 0 Å². The third kappa shape index (κ3) is 3.97. The number of rotatable bonds is 5. The van der Waals surface area contributed by atoms with E-state index in [-0.39, 0.29) is 5.91 Å². The molecule has 1 unspecified atom stereocenters. The van der Waals surface area contributed by atoms with Crippen molar-refractivity contribution in [1.29, 1.82) is 0 Å². The summed E-state index contributed by atoms with van der Waals surface area (Å²) in [6.07, 6.45) is 2.25. The lowest BCUT2D eigenvalue weighted by molar-refractivity contribution is -0.129. The van der Waals surface area contributed by atoms with Crippen LogP contribution in [-0.2, 0) is 11.2 Å². The summed E-state index contributed by atoms with van der Waals surface area (Å²) < 4.78 is 5.17. The fourth-order valence-corrected chi connectivity index (χ4v) is 2.65. The lowest BCUT2D eigenvalue weighted by Gasteiger charge is -2.18. The van der Waals surface area contributed by atoms with Gasteiger partial charge in [-0.1, -0.05) is 12.1 Å². The molecule has 1 fully saturated rings. The molecule has 4 heteroatoms. The first kappa shape index (κ1) is 14.9. The number of likely N-dealkylation sites (tertiary alicyclic amines) is 1. The number of ether oxygens (including phenoxy) is 1. The number of benzene rings is 1. The summed E-state index contributed by atoms with van der Waals surface area (Å²) in [4.78, 5) is 15.6. The first-order valence-corrected chi connectivity index (χ1v) is 7.14. The summed E-state index contributed by atoms with van der Waals surface area (Å²) in [6, 6.07) is 8.29. The van der Waals surface area contributed by atoms with E-state index in [1.807, 2.05) is 26.2 Å². The van der Waals surface area contributed by atoms with Crippen molar-refractivity contribution in [3.63, 3.8) is 0 Å². The second-order valence-electron chi connectivity index (χ2n) is 5.73. The van der Waals surface area contributed by atoms with Gasteiger partial charge in [-0.25, -0.2) is 0 Å². The summed E-state index contributed by atoms with van der Waals surface area (Å²) in [5, 5.41) is 0. The van der Waals surface area contributed by atoms with Gasteiger partial charge in [0.1, 0.15) is 5.75 Å². The average Bonchev–Trinajstić information content (AvgIpc) is 2.86. The van der Waals surface area contributed by atoms with Crippen molar-refractivity contribution in [2.45, 2.75) is 12.8 Å². The first-order chi connectivity index (χ1) is 9.58. The molecule has 110 valence electrons. The predicted octanol–water partition coefficient (Wildman–Crippen LogP) is 1.65. The van der Waals surface area contributed by atoms with Crippen LogP contribution in [0, 0.1) is 5.92 Å². The molecule has 1 saturated heterocycles. The quantitative estimate of drug-likeness (QED) is 0.820.